The van der Waals surface area contributed by atoms with E-state index in [1.54, 1.807) is 12.1 Å². The fourth-order valence-corrected chi connectivity index (χ4v) is 4.78. The summed E-state index contributed by atoms with van der Waals surface area (Å²) in [6.07, 6.45) is 5.18. The molecule has 1 atom stereocenters. The van der Waals surface area contributed by atoms with Crippen LogP contribution in [0.3, 0.4) is 0 Å². The molecule has 6 rings (SSSR count). The second-order valence-corrected chi connectivity index (χ2v) is 10.3. The zero-order valence-electron chi connectivity index (χ0n) is 22.7. The quantitative estimate of drug-likeness (QED) is 0.138. The van der Waals surface area contributed by atoms with E-state index in [1.165, 1.54) is 41.3 Å². The molecule has 2 aromatic carbocycles. The molecule has 1 aromatic heterocycles. The first-order valence-corrected chi connectivity index (χ1v) is 13.5. The van der Waals surface area contributed by atoms with Crippen molar-refractivity contribution in [2.75, 3.05) is 6.61 Å². The number of imidazole rings is 1. The average Bonchev–Trinajstić information content (AvgIpc) is 3.56. The van der Waals surface area contributed by atoms with Crippen LogP contribution in [-0.2, 0) is 15.5 Å². The van der Waals surface area contributed by atoms with Crippen LogP contribution in [0.1, 0.15) is 62.0 Å². The van der Waals surface area contributed by atoms with Crippen LogP contribution < -0.4 is 0 Å². The Labute approximate surface area is 237 Å². The van der Waals surface area contributed by atoms with Crippen LogP contribution in [0.5, 0.6) is 0 Å². The van der Waals surface area contributed by atoms with Gasteiger partial charge < -0.3 is 9.26 Å². The molecule has 3 aromatic rings. The number of halogens is 4. The van der Waals surface area contributed by atoms with Gasteiger partial charge in [0.15, 0.2) is 23.2 Å². The van der Waals surface area contributed by atoms with Crippen molar-refractivity contribution in [3.05, 3.63) is 83.4 Å². The molecule has 1 fully saturated rings. The van der Waals surface area contributed by atoms with Crippen molar-refractivity contribution in [3.8, 4) is 34.0 Å². The Morgan fingerprint density at radius 3 is 2.62 bits per heavy atom. The maximum absolute atomic E-state index is 14.7. The lowest BCUT2D eigenvalue weighted by Gasteiger charge is -2.16. The number of ether oxygens (including phenoxy) is 1. The molecule has 1 unspecified atom stereocenters. The summed E-state index contributed by atoms with van der Waals surface area (Å²) in [5, 5.41) is 8.30. The zero-order valence-corrected chi connectivity index (χ0v) is 22.7. The number of carbonyl (C=O) groups is 1. The zero-order chi connectivity index (χ0) is 29.6. The molecule has 0 amide bonds. The minimum Gasteiger partial charge on any atom is -0.464 e. The first kappa shape index (κ1) is 27.6. The summed E-state index contributed by atoms with van der Waals surface area (Å²) in [5.74, 6) is -5.79. The van der Waals surface area contributed by atoms with Crippen molar-refractivity contribution in [3.63, 3.8) is 0 Å². The normalized spacial score (nSPS) is 14.3. The number of alkyl halides is 2. The fourth-order valence-electron chi connectivity index (χ4n) is 4.78. The van der Waals surface area contributed by atoms with Gasteiger partial charge in [0.05, 0.1) is 24.6 Å². The number of rotatable bonds is 9. The number of aromatic nitrogens is 5. The van der Waals surface area contributed by atoms with Gasteiger partial charge in [-0.25, -0.2) is 37.0 Å². The highest BCUT2D eigenvalue weighted by molar-refractivity contribution is 5.78. The number of fused-ring (bicyclic) bond motifs is 1. The predicted molar refractivity (Wildman–Crippen MR) is 143 cm³/mol. The van der Waals surface area contributed by atoms with Crippen molar-refractivity contribution in [1.29, 1.82) is 0 Å². The molecule has 12 heteroatoms. The third kappa shape index (κ3) is 5.24. The summed E-state index contributed by atoms with van der Waals surface area (Å²) < 4.78 is 69.6. The summed E-state index contributed by atoms with van der Waals surface area (Å²) in [5.41, 5.74) is 1.34. The maximum atomic E-state index is 14.7. The number of esters is 1. The maximum Gasteiger partial charge on any atom is 0.339 e. The summed E-state index contributed by atoms with van der Waals surface area (Å²) in [6.45, 7) is 2.78. The molecule has 2 aliphatic heterocycles. The van der Waals surface area contributed by atoms with Gasteiger partial charge in [-0.15, -0.1) is 0 Å². The van der Waals surface area contributed by atoms with Crippen molar-refractivity contribution < 1.29 is 31.6 Å². The molecule has 1 saturated carbocycles. The topological polar surface area (TPSA) is 95.9 Å². The summed E-state index contributed by atoms with van der Waals surface area (Å²) in [7, 11) is 0. The molecule has 8 nitrogen and oxygen atoms in total. The molecule has 0 spiro atoms. The van der Waals surface area contributed by atoms with E-state index >= 15 is 0 Å². The van der Waals surface area contributed by atoms with Gasteiger partial charge in [0.1, 0.15) is 17.1 Å². The van der Waals surface area contributed by atoms with E-state index in [9.17, 15) is 22.4 Å². The number of hydrogen-bond donors (Lipinski definition) is 0. The largest absolute Gasteiger partial charge is 0.464 e. The Balaban J connectivity index is 1.40. The summed E-state index contributed by atoms with van der Waals surface area (Å²) >= 11 is 0. The van der Waals surface area contributed by atoms with E-state index in [-0.39, 0.29) is 57.9 Å². The van der Waals surface area contributed by atoms with Gasteiger partial charge >= 0.3 is 5.97 Å². The van der Waals surface area contributed by atoms with Crippen LogP contribution in [0, 0.1) is 11.6 Å². The molecule has 0 radical (unpaired) electrons. The summed E-state index contributed by atoms with van der Waals surface area (Å²) in [4.78, 5) is 21.8. The molecular weight excluding hydrogens is 554 g/mol. The van der Waals surface area contributed by atoms with E-state index in [4.69, 9.17) is 9.26 Å². The van der Waals surface area contributed by atoms with Gasteiger partial charge in [-0.2, -0.15) is 5.10 Å². The van der Waals surface area contributed by atoms with Crippen LogP contribution >= 0.6 is 0 Å². The second-order valence-electron chi connectivity index (χ2n) is 10.3. The first-order valence-electron chi connectivity index (χ1n) is 13.5. The highest BCUT2D eigenvalue weighted by atomic mass is 19.3. The minimum atomic E-state index is -3.14. The molecule has 1 aliphatic carbocycles. The highest BCUT2D eigenvalue weighted by Crippen LogP contribution is 2.44. The predicted octanol–water partition coefficient (Wildman–Crippen LogP) is 6.91. The molecule has 0 bridgehead atoms. The molecule has 3 aliphatic rings. The van der Waals surface area contributed by atoms with E-state index in [0.29, 0.717) is 6.42 Å². The SMILES string of the molecule is CCCOC(=O)C(c1cc(-c2ccc(C3CC3)cc2C(C)(F)F)no1)n1cc2nc(-c3cccc(F)c3F)nc-2cn1. The van der Waals surface area contributed by atoms with Gasteiger partial charge in [0.2, 0.25) is 6.04 Å². The number of benzene rings is 2. The van der Waals surface area contributed by atoms with Crippen molar-refractivity contribution in [1.82, 2.24) is 24.9 Å². The standard InChI is InChI=1S/C30H25F4N5O3/c1-3-11-41-29(40)27(39-15-24-23(14-35-39)36-28(37-24)19-5-4-6-21(31)26(19)32)25-13-22(38-42-25)18-10-9-17(16-7-8-16)12-20(18)30(2,33)34/h4-6,9-10,12-16,27H,3,7-8,11H2,1-2H3. The molecule has 0 N–H and O–H groups in total. The Morgan fingerprint density at radius 2 is 1.88 bits per heavy atom. The first-order chi connectivity index (χ1) is 20.1. The highest BCUT2D eigenvalue weighted by Gasteiger charge is 2.34. The lowest BCUT2D eigenvalue weighted by molar-refractivity contribution is -0.147. The smallest absolute Gasteiger partial charge is 0.339 e. The lowest BCUT2D eigenvalue weighted by Crippen LogP contribution is -2.25. The Morgan fingerprint density at radius 1 is 1.10 bits per heavy atom. The van der Waals surface area contributed by atoms with Gasteiger partial charge in [-0.3, -0.25) is 0 Å². The van der Waals surface area contributed by atoms with Crippen molar-refractivity contribution >= 4 is 5.97 Å². The van der Waals surface area contributed by atoms with Gasteiger partial charge in [-0.1, -0.05) is 30.3 Å². The average molecular weight is 580 g/mol. The van der Waals surface area contributed by atoms with Crippen LogP contribution in [-0.4, -0.2) is 37.5 Å². The van der Waals surface area contributed by atoms with Crippen LogP contribution in [0.15, 0.2) is 59.4 Å². The molecule has 216 valence electrons. The third-order valence-electron chi connectivity index (χ3n) is 7.05. The third-order valence-corrected chi connectivity index (χ3v) is 7.05. The Bertz CT molecular complexity index is 1740. The number of hydrogen-bond acceptors (Lipinski definition) is 7. The van der Waals surface area contributed by atoms with Gasteiger partial charge in [0.25, 0.3) is 5.92 Å². The van der Waals surface area contributed by atoms with Crippen molar-refractivity contribution in [2.24, 2.45) is 0 Å². The number of carbonyl (C=O) groups excluding carboxylic acids is 1. The van der Waals surface area contributed by atoms with Gasteiger partial charge in [-0.05, 0) is 48.9 Å². The Kier molecular flexibility index (Phi) is 6.99. The van der Waals surface area contributed by atoms with Crippen LogP contribution in [0.2, 0.25) is 0 Å². The van der Waals surface area contributed by atoms with Crippen LogP contribution in [0.4, 0.5) is 17.6 Å². The van der Waals surface area contributed by atoms with Gasteiger partial charge in [0, 0.05) is 24.1 Å². The van der Waals surface area contributed by atoms with E-state index in [2.05, 4.69) is 20.2 Å². The van der Waals surface area contributed by atoms with E-state index in [1.807, 2.05) is 6.92 Å². The number of nitrogens with zero attached hydrogens (tertiary/aromatic N) is 5. The molecule has 42 heavy (non-hydrogen) atoms. The van der Waals surface area contributed by atoms with Crippen LogP contribution in [0.25, 0.3) is 34.0 Å². The molecule has 3 heterocycles. The lowest BCUT2D eigenvalue weighted by atomic mass is 9.95. The molecular formula is C30H25F4N5O3. The Hall–Kier alpha value is -4.61. The van der Waals surface area contributed by atoms with E-state index in [0.717, 1.165) is 31.4 Å². The van der Waals surface area contributed by atoms with Crippen molar-refractivity contribution in [2.45, 2.75) is 51.0 Å². The molecule has 0 saturated heterocycles. The monoisotopic (exact) mass is 579 g/mol. The second kappa shape index (κ2) is 10.7. The summed E-state index contributed by atoms with van der Waals surface area (Å²) in [6, 6.07) is 8.70. The fraction of sp³-hybridized carbons (Fsp3) is 0.300. The van der Waals surface area contributed by atoms with E-state index < -0.39 is 29.6 Å². The minimum absolute atomic E-state index is 0.00416.